The van der Waals surface area contributed by atoms with Crippen LogP contribution in [0.5, 0.6) is 0 Å². The predicted molar refractivity (Wildman–Crippen MR) is 114 cm³/mol. The maximum absolute atomic E-state index is 12.6. The fourth-order valence-electron chi connectivity index (χ4n) is 6.96. The number of aliphatic hydroxyl groups is 1. The smallest absolute Gasteiger partial charge is 0.334 e. The summed E-state index contributed by atoms with van der Waals surface area (Å²) in [4.78, 5) is 24.8. The van der Waals surface area contributed by atoms with Gasteiger partial charge in [-0.25, -0.2) is 4.79 Å². The van der Waals surface area contributed by atoms with Gasteiger partial charge in [0, 0.05) is 11.5 Å². The number of aliphatic carboxylic acids is 1. The predicted octanol–water partition coefficient (Wildman–Crippen LogP) is 4.21. The molecule has 2 N–H and O–H groups in total. The summed E-state index contributed by atoms with van der Waals surface area (Å²) in [5.74, 6) is -1.29. The number of ether oxygens (including phenoxy) is 1. The molecule has 1 heterocycles. The Bertz CT molecular complexity index is 876. The number of hydrogen-bond donors (Lipinski definition) is 2. The summed E-state index contributed by atoms with van der Waals surface area (Å²) < 4.78 is 6.73. The van der Waals surface area contributed by atoms with Gasteiger partial charge in [-0.15, -0.1) is 0 Å². The van der Waals surface area contributed by atoms with E-state index in [1.807, 2.05) is 6.92 Å². The number of rotatable bonds is 2. The Morgan fingerprint density at radius 3 is 2.60 bits per heavy atom. The number of carbonyl (C=O) groups excluding carboxylic acids is 1. The molecule has 5 heteroatoms. The lowest BCUT2D eigenvalue weighted by molar-refractivity contribution is -0.135. The van der Waals surface area contributed by atoms with Gasteiger partial charge in [0.25, 0.3) is 0 Å². The molecular formula is C25H34O5. The largest absolute Gasteiger partial charge is 0.478 e. The van der Waals surface area contributed by atoms with Gasteiger partial charge in [0.2, 0.25) is 0 Å². The normalized spacial score (nSPS) is 43.2. The molecule has 4 rings (SSSR count). The van der Waals surface area contributed by atoms with E-state index < -0.39 is 12.1 Å². The second-order valence-corrected chi connectivity index (χ2v) is 10.6. The zero-order valence-corrected chi connectivity index (χ0v) is 18.7. The van der Waals surface area contributed by atoms with Gasteiger partial charge in [-0.3, -0.25) is 4.79 Å². The average Bonchev–Trinajstić information content (AvgIpc) is 3.16. The molecule has 3 aliphatic carbocycles. The lowest BCUT2D eigenvalue weighted by atomic mass is 9.62. The highest BCUT2D eigenvalue weighted by atomic mass is 16.5. The molecule has 1 saturated heterocycles. The Morgan fingerprint density at radius 2 is 1.97 bits per heavy atom. The molecule has 30 heavy (non-hydrogen) atoms. The summed E-state index contributed by atoms with van der Waals surface area (Å²) in [6.07, 6.45) is 6.52. The molecule has 1 aliphatic heterocycles. The van der Waals surface area contributed by atoms with Crippen molar-refractivity contribution in [2.75, 3.05) is 0 Å². The first kappa shape index (κ1) is 21.5. The topological polar surface area (TPSA) is 83.8 Å². The van der Waals surface area contributed by atoms with Gasteiger partial charge in [-0.1, -0.05) is 31.1 Å². The van der Waals surface area contributed by atoms with Crippen LogP contribution in [0, 0.1) is 23.2 Å². The van der Waals surface area contributed by atoms with E-state index in [1.54, 1.807) is 6.08 Å². The molecule has 4 aliphatic rings. The number of hydrogen-bond acceptors (Lipinski definition) is 4. The van der Waals surface area contributed by atoms with Crippen molar-refractivity contribution < 1.29 is 24.5 Å². The van der Waals surface area contributed by atoms with Crippen molar-refractivity contribution in [3.8, 4) is 0 Å². The fourth-order valence-corrected chi connectivity index (χ4v) is 6.96. The highest BCUT2D eigenvalue weighted by Gasteiger charge is 2.62. The van der Waals surface area contributed by atoms with Crippen LogP contribution in [-0.2, 0) is 14.3 Å². The van der Waals surface area contributed by atoms with Gasteiger partial charge in [0.1, 0.15) is 0 Å². The number of aliphatic hydroxyl groups excluding tert-OH is 1. The minimum atomic E-state index is -1.18. The lowest BCUT2D eigenvalue weighted by Crippen LogP contribution is -2.47. The van der Waals surface area contributed by atoms with Gasteiger partial charge < -0.3 is 14.9 Å². The van der Waals surface area contributed by atoms with Crippen LogP contribution in [0.25, 0.3) is 0 Å². The molecule has 164 valence electrons. The first-order valence-electron chi connectivity index (χ1n) is 11.2. The van der Waals surface area contributed by atoms with Crippen molar-refractivity contribution in [2.24, 2.45) is 23.2 Å². The van der Waals surface area contributed by atoms with Crippen molar-refractivity contribution in [1.29, 1.82) is 0 Å². The summed E-state index contributed by atoms with van der Waals surface area (Å²) in [7, 11) is 0. The second kappa shape index (κ2) is 7.16. The van der Waals surface area contributed by atoms with Crippen molar-refractivity contribution in [3.63, 3.8) is 0 Å². The summed E-state index contributed by atoms with van der Waals surface area (Å²) >= 11 is 0. The number of fused-ring (bicyclic) bond motifs is 3. The van der Waals surface area contributed by atoms with Crippen molar-refractivity contribution in [3.05, 3.63) is 34.4 Å². The van der Waals surface area contributed by atoms with Gasteiger partial charge in [-0.2, -0.15) is 0 Å². The highest BCUT2D eigenvalue weighted by molar-refractivity contribution is 6.12. The van der Waals surface area contributed by atoms with Crippen LogP contribution in [0.2, 0.25) is 0 Å². The van der Waals surface area contributed by atoms with Crippen LogP contribution < -0.4 is 0 Å². The molecule has 0 aromatic rings. The average molecular weight is 415 g/mol. The van der Waals surface area contributed by atoms with Gasteiger partial charge >= 0.3 is 5.97 Å². The quantitative estimate of drug-likeness (QED) is 0.661. The van der Waals surface area contributed by atoms with Crippen molar-refractivity contribution in [2.45, 2.75) is 84.5 Å². The monoisotopic (exact) mass is 414 g/mol. The zero-order valence-electron chi connectivity index (χ0n) is 18.7. The van der Waals surface area contributed by atoms with E-state index in [2.05, 4.69) is 33.8 Å². The first-order chi connectivity index (χ1) is 14.0. The van der Waals surface area contributed by atoms with E-state index in [0.29, 0.717) is 17.9 Å². The van der Waals surface area contributed by atoms with Crippen LogP contribution >= 0.6 is 0 Å². The molecule has 0 unspecified atom stereocenters. The lowest BCUT2D eigenvalue weighted by Gasteiger charge is -2.45. The molecular weight excluding hydrogens is 380 g/mol. The third-order valence-electron chi connectivity index (χ3n) is 8.33. The Balaban J connectivity index is 1.79. The summed E-state index contributed by atoms with van der Waals surface area (Å²) in [6.45, 7) is 10.6. The number of ketones is 1. The number of carboxylic acids is 1. The van der Waals surface area contributed by atoms with Gasteiger partial charge in [0.15, 0.2) is 5.78 Å². The molecule has 1 saturated carbocycles. The van der Waals surface area contributed by atoms with E-state index in [0.717, 1.165) is 31.3 Å². The Kier molecular flexibility index (Phi) is 5.14. The molecule has 0 aromatic carbocycles. The van der Waals surface area contributed by atoms with Crippen LogP contribution in [-0.4, -0.2) is 39.8 Å². The maximum Gasteiger partial charge on any atom is 0.334 e. The van der Waals surface area contributed by atoms with Crippen LogP contribution in [0.3, 0.4) is 0 Å². The Labute approximate surface area is 178 Å². The van der Waals surface area contributed by atoms with Gasteiger partial charge in [-0.05, 0) is 76.2 Å². The molecule has 7 atom stereocenters. The zero-order chi connectivity index (χ0) is 22.0. The van der Waals surface area contributed by atoms with Crippen molar-refractivity contribution >= 4 is 11.8 Å². The second-order valence-electron chi connectivity index (χ2n) is 10.6. The SMILES string of the molecule is CC(C)=C[C@H]1C[C@H](C)[C@]2(CC[C@]3(C)C[C@@H]4C(C)=CC(=O)C4=C(C(=O)O)[C@@H](O)C[C@H]32)O1. The molecule has 1 spiro atoms. The third-order valence-corrected chi connectivity index (χ3v) is 8.33. The Hall–Kier alpha value is -1.72. The molecule has 2 fully saturated rings. The van der Waals surface area contributed by atoms with Gasteiger partial charge in [0.05, 0.1) is 23.4 Å². The minimum absolute atomic E-state index is 0.0463. The van der Waals surface area contributed by atoms with E-state index >= 15 is 0 Å². The van der Waals surface area contributed by atoms with E-state index in [9.17, 15) is 19.8 Å². The maximum atomic E-state index is 12.6. The summed E-state index contributed by atoms with van der Waals surface area (Å²) in [6, 6.07) is 0. The van der Waals surface area contributed by atoms with Crippen LogP contribution in [0.4, 0.5) is 0 Å². The number of allylic oxidation sites excluding steroid dienone is 4. The first-order valence-corrected chi connectivity index (χ1v) is 11.2. The number of carbonyl (C=O) groups is 2. The molecule has 0 aromatic heterocycles. The molecule has 0 bridgehead atoms. The summed E-state index contributed by atoms with van der Waals surface area (Å²) in [5.41, 5.74) is 1.87. The summed E-state index contributed by atoms with van der Waals surface area (Å²) in [5, 5.41) is 21.0. The third kappa shape index (κ3) is 3.13. The minimum Gasteiger partial charge on any atom is -0.478 e. The molecule has 5 nitrogen and oxygen atoms in total. The molecule has 0 radical (unpaired) electrons. The molecule has 0 amide bonds. The van der Waals surface area contributed by atoms with E-state index in [-0.39, 0.29) is 40.3 Å². The number of carboxylic acid groups (broad SMARTS) is 1. The fraction of sp³-hybridized carbons (Fsp3) is 0.680. The standard InChI is InChI=1S/C25H34O5/c1-13(2)8-16-10-15(4)25(30-16)7-6-24(5)12-17-14(3)9-18(26)21(17)22(23(28)29)19(27)11-20(24)25/h8-9,15-17,19-20,27H,6-7,10-12H2,1-5H3,(H,28,29)/t15-,16-,17+,19-,20+,24+,25-/m0/s1. The van der Waals surface area contributed by atoms with Crippen LogP contribution in [0.1, 0.15) is 66.7 Å². The Morgan fingerprint density at radius 1 is 1.27 bits per heavy atom. The van der Waals surface area contributed by atoms with Crippen molar-refractivity contribution in [1.82, 2.24) is 0 Å². The van der Waals surface area contributed by atoms with E-state index in [1.165, 1.54) is 5.57 Å². The van der Waals surface area contributed by atoms with Crippen LogP contribution in [0.15, 0.2) is 34.4 Å². The highest BCUT2D eigenvalue weighted by Crippen LogP contribution is 2.63. The van der Waals surface area contributed by atoms with E-state index in [4.69, 9.17) is 4.74 Å².